The first kappa shape index (κ1) is 12.2. The predicted octanol–water partition coefficient (Wildman–Crippen LogP) is 2.71. The number of piperidine rings is 1. The number of aliphatic hydroxyl groups is 1. The van der Waals surface area contributed by atoms with Gasteiger partial charge >= 0.3 is 0 Å². The molecule has 1 aromatic rings. The number of benzene rings is 1. The molecule has 2 atom stereocenters. The van der Waals surface area contributed by atoms with Crippen molar-refractivity contribution in [3.8, 4) is 0 Å². The predicted molar refractivity (Wildman–Crippen MR) is 73.7 cm³/mol. The van der Waals surface area contributed by atoms with Crippen molar-refractivity contribution in [3.63, 3.8) is 0 Å². The van der Waals surface area contributed by atoms with Crippen molar-refractivity contribution in [2.75, 3.05) is 0 Å². The lowest BCUT2D eigenvalue weighted by molar-refractivity contribution is -0.0120. The molecule has 1 aromatic carbocycles. The van der Waals surface area contributed by atoms with Crippen LogP contribution in [0.5, 0.6) is 0 Å². The molecule has 0 spiro atoms. The Kier molecular flexibility index (Phi) is 2.76. The van der Waals surface area contributed by atoms with Crippen LogP contribution in [0.25, 0.3) is 0 Å². The zero-order chi connectivity index (χ0) is 12.9. The maximum absolute atomic E-state index is 11.1. The Balaban J connectivity index is 2.01. The van der Waals surface area contributed by atoms with E-state index in [9.17, 15) is 5.11 Å². The molecule has 2 heterocycles. The van der Waals surface area contributed by atoms with E-state index < -0.39 is 5.60 Å². The van der Waals surface area contributed by atoms with Gasteiger partial charge in [-0.2, -0.15) is 0 Å². The molecule has 2 fully saturated rings. The van der Waals surface area contributed by atoms with Crippen LogP contribution in [0, 0.1) is 20.8 Å². The highest BCUT2D eigenvalue weighted by Crippen LogP contribution is 2.42. The Hall–Kier alpha value is -0.860. The van der Waals surface area contributed by atoms with E-state index >= 15 is 0 Å². The minimum Gasteiger partial charge on any atom is -0.385 e. The van der Waals surface area contributed by atoms with Crippen LogP contribution in [-0.2, 0) is 5.60 Å². The molecule has 0 aliphatic carbocycles. The van der Waals surface area contributed by atoms with Gasteiger partial charge in [-0.1, -0.05) is 12.1 Å². The van der Waals surface area contributed by atoms with Gasteiger partial charge in [0.25, 0.3) is 0 Å². The highest BCUT2D eigenvalue weighted by molar-refractivity contribution is 5.40. The van der Waals surface area contributed by atoms with Gasteiger partial charge in [0.1, 0.15) is 0 Å². The van der Waals surface area contributed by atoms with Crippen LogP contribution in [0.1, 0.15) is 47.9 Å². The molecule has 2 N–H and O–H groups in total. The molecule has 2 bridgehead atoms. The van der Waals surface area contributed by atoms with Crippen molar-refractivity contribution in [1.82, 2.24) is 5.32 Å². The third-order valence-corrected chi connectivity index (χ3v) is 4.85. The fraction of sp³-hybridized carbons (Fsp3) is 0.625. The lowest BCUT2D eigenvalue weighted by Crippen LogP contribution is -2.47. The summed E-state index contributed by atoms with van der Waals surface area (Å²) in [5, 5.41) is 14.7. The summed E-state index contributed by atoms with van der Waals surface area (Å²) in [6.07, 6.45) is 4.17. The topological polar surface area (TPSA) is 32.3 Å². The quantitative estimate of drug-likeness (QED) is 0.797. The first-order valence-electron chi connectivity index (χ1n) is 7.05. The van der Waals surface area contributed by atoms with Crippen LogP contribution in [0.2, 0.25) is 0 Å². The lowest BCUT2D eigenvalue weighted by atomic mass is 9.78. The SMILES string of the molecule is Cc1cc(C)c(C2(O)CC3CCC(C2)N3)cc1C. The monoisotopic (exact) mass is 245 g/mol. The molecule has 0 saturated carbocycles. The van der Waals surface area contributed by atoms with Crippen molar-refractivity contribution in [3.05, 3.63) is 34.4 Å². The Morgan fingerprint density at radius 2 is 1.56 bits per heavy atom. The Morgan fingerprint density at radius 1 is 1.00 bits per heavy atom. The Labute approximate surface area is 109 Å². The van der Waals surface area contributed by atoms with Gasteiger partial charge < -0.3 is 10.4 Å². The fourth-order valence-corrected chi connectivity index (χ4v) is 3.80. The maximum Gasteiger partial charge on any atom is 0.0928 e. The molecule has 98 valence electrons. The number of fused-ring (bicyclic) bond motifs is 2. The van der Waals surface area contributed by atoms with Crippen LogP contribution in [-0.4, -0.2) is 17.2 Å². The standard InChI is InChI=1S/C16H23NO/c1-10-6-12(3)15(7-11(10)2)16(18)8-13-4-5-14(9-16)17-13/h6-7,13-14,17-18H,4-5,8-9H2,1-3H3. The van der Waals surface area contributed by atoms with Crippen LogP contribution < -0.4 is 5.32 Å². The normalized spacial score (nSPS) is 34.9. The van der Waals surface area contributed by atoms with E-state index in [-0.39, 0.29) is 0 Å². The lowest BCUT2D eigenvalue weighted by Gasteiger charge is -2.38. The van der Waals surface area contributed by atoms with E-state index in [1.54, 1.807) is 0 Å². The second-order valence-corrected chi connectivity index (χ2v) is 6.33. The van der Waals surface area contributed by atoms with Gasteiger partial charge in [-0.15, -0.1) is 0 Å². The summed E-state index contributed by atoms with van der Waals surface area (Å²) < 4.78 is 0. The summed E-state index contributed by atoms with van der Waals surface area (Å²) in [6.45, 7) is 6.41. The number of hydrogen-bond acceptors (Lipinski definition) is 2. The number of aryl methyl sites for hydroxylation is 3. The minimum atomic E-state index is -0.611. The second-order valence-electron chi connectivity index (χ2n) is 6.33. The molecule has 18 heavy (non-hydrogen) atoms. The molecule has 2 unspecified atom stereocenters. The van der Waals surface area contributed by atoms with E-state index in [1.165, 1.54) is 29.5 Å². The first-order valence-corrected chi connectivity index (χ1v) is 7.05. The number of nitrogens with one attached hydrogen (secondary N) is 1. The maximum atomic E-state index is 11.1. The third kappa shape index (κ3) is 1.88. The van der Waals surface area contributed by atoms with Crippen molar-refractivity contribution in [1.29, 1.82) is 0 Å². The summed E-state index contributed by atoms with van der Waals surface area (Å²) >= 11 is 0. The van der Waals surface area contributed by atoms with Gasteiger partial charge in [0.2, 0.25) is 0 Å². The van der Waals surface area contributed by atoms with Crippen molar-refractivity contribution in [2.24, 2.45) is 0 Å². The van der Waals surface area contributed by atoms with Crippen molar-refractivity contribution < 1.29 is 5.11 Å². The molecule has 3 rings (SSSR count). The Morgan fingerprint density at radius 3 is 2.17 bits per heavy atom. The summed E-state index contributed by atoms with van der Waals surface area (Å²) in [6, 6.07) is 5.44. The molecule has 0 aromatic heterocycles. The van der Waals surface area contributed by atoms with Crippen molar-refractivity contribution in [2.45, 2.75) is 64.1 Å². The van der Waals surface area contributed by atoms with Gasteiger partial charge in [-0.05, 0) is 68.7 Å². The summed E-state index contributed by atoms with van der Waals surface area (Å²) in [5.41, 5.74) is 4.39. The van der Waals surface area contributed by atoms with Gasteiger partial charge in [0.15, 0.2) is 0 Å². The second kappa shape index (κ2) is 4.07. The average Bonchev–Trinajstić information content (AvgIpc) is 2.64. The molecular formula is C16H23NO. The van der Waals surface area contributed by atoms with E-state index in [0.29, 0.717) is 12.1 Å². The van der Waals surface area contributed by atoms with Crippen LogP contribution in [0.15, 0.2) is 12.1 Å². The molecule has 0 radical (unpaired) electrons. The van der Waals surface area contributed by atoms with Crippen molar-refractivity contribution >= 4 is 0 Å². The molecule has 2 heteroatoms. The average molecular weight is 245 g/mol. The molecule has 2 aliphatic heterocycles. The van der Waals surface area contributed by atoms with Gasteiger partial charge in [0.05, 0.1) is 5.60 Å². The number of hydrogen-bond donors (Lipinski definition) is 2. The molecule has 2 nitrogen and oxygen atoms in total. The van der Waals surface area contributed by atoms with E-state index in [4.69, 9.17) is 0 Å². The summed E-state index contributed by atoms with van der Waals surface area (Å²) in [5.74, 6) is 0. The molecular weight excluding hydrogens is 222 g/mol. The zero-order valence-electron chi connectivity index (χ0n) is 11.6. The van der Waals surface area contributed by atoms with Crippen LogP contribution in [0.3, 0.4) is 0 Å². The number of rotatable bonds is 1. The van der Waals surface area contributed by atoms with E-state index in [2.05, 4.69) is 38.2 Å². The van der Waals surface area contributed by atoms with Gasteiger partial charge in [0, 0.05) is 12.1 Å². The summed E-state index contributed by atoms with van der Waals surface area (Å²) in [7, 11) is 0. The zero-order valence-corrected chi connectivity index (χ0v) is 11.6. The first-order chi connectivity index (χ1) is 8.48. The van der Waals surface area contributed by atoms with Crippen LogP contribution >= 0.6 is 0 Å². The highest BCUT2D eigenvalue weighted by Gasteiger charge is 2.44. The van der Waals surface area contributed by atoms with Crippen LogP contribution in [0.4, 0.5) is 0 Å². The molecule has 2 saturated heterocycles. The minimum absolute atomic E-state index is 0.509. The molecule has 2 aliphatic rings. The van der Waals surface area contributed by atoms with Gasteiger partial charge in [-0.25, -0.2) is 0 Å². The largest absolute Gasteiger partial charge is 0.385 e. The summed E-state index contributed by atoms with van der Waals surface area (Å²) in [4.78, 5) is 0. The third-order valence-electron chi connectivity index (χ3n) is 4.85. The smallest absolute Gasteiger partial charge is 0.0928 e. The van der Waals surface area contributed by atoms with E-state index in [1.807, 2.05) is 0 Å². The molecule has 0 amide bonds. The fourth-order valence-electron chi connectivity index (χ4n) is 3.80. The van der Waals surface area contributed by atoms with E-state index in [0.717, 1.165) is 18.4 Å². The van der Waals surface area contributed by atoms with Gasteiger partial charge in [-0.3, -0.25) is 0 Å². The highest BCUT2D eigenvalue weighted by atomic mass is 16.3. The Bertz CT molecular complexity index is 468.